The minimum Gasteiger partial charge on any atom is -0.494 e. The van der Waals surface area contributed by atoms with E-state index >= 15 is 0 Å². The molecule has 3 heteroatoms. The van der Waals surface area contributed by atoms with Crippen LogP contribution < -0.4 is 10.1 Å². The summed E-state index contributed by atoms with van der Waals surface area (Å²) in [6, 6.07) is 5.51. The molecule has 0 heterocycles. The Labute approximate surface area is 115 Å². The predicted octanol–water partition coefficient (Wildman–Crippen LogP) is 4.61. The summed E-state index contributed by atoms with van der Waals surface area (Å²) in [4.78, 5) is 0. The van der Waals surface area contributed by atoms with Gasteiger partial charge in [-0.1, -0.05) is 26.2 Å². The summed E-state index contributed by atoms with van der Waals surface area (Å²) in [7, 11) is 1.50. The van der Waals surface area contributed by atoms with Gasteiger partial charge < -0.3 is 10.1 Å². The third kappa shape index (κ3) is 3.85. The van der Waals surface area contributed by atoms with Crippen molar-refractivity contribution in [3.8, 4) is 5.75 Å². The second-order valence-corrected chi connectivity index (χ2v) is 5.47. The molecule has 0 aromatic heterocycles. The molecule has 0 aliphatic heterocycles. The van der Waals surface area contributed by atoms with Crippen LogP contribution in [0.3, 0.4) is 0 Å². The summed E-state index contributed by atoms with van der Waals surface area (Å²) < 4.78 is 18.4. The lowest BCUT2D eigenvalue weighted by atomic mass is 9.98. The van der Waals surface area contributed by atoms with Crippen LogP contribution in [0.15, 0.2) is 18.2 Å². The minimum atomic E-state index is -0.306. The highest BCUT2D eigenvalue weighted by atomic mass is 19.1. The van der Waals surface area contributed by atoms with Gasteiger partial charge in [-0.15, -0.1) is 0 Å². The van der Waals surface area contributed by atoms with E-state index in [1.54, 1.807) is 12.1 Å². The molecule has 1 aromatic carbocycles. The first-order valence-electron chi connectivity index (χ1n) is 7.33. The monoisotopic (exact) mass is 265 g/mol. The molecule has 0 saturated heterocycles. The highest BCUT2D eigenvalue weighted by Crippen LogP contribution is 2.28. The normalized spacial score (nSPS) is 23.7. The third-order valence-electron chi connectivity index (χ3n) is 4.19. The molecule has 19 heavy (non-hydrogen) atoms. The first kappa shape index (κ1) is 14.2. The summed E-state index contributed by atoms with van der Waals surface area (Å²) in [5.41, 5.74) is 0.957. The van der Waals surface area contributed by atoms with Crippen molar-refractivity contribution in [1.82, 2.24) is 0 Å². The molecule has 0 amide bonds. The summed E-state index contributed by atoms with van der Waals surface area (Å²) in [6.07, 6.45) is 7.63. The van der Waals surface area contributed by atoms with Crippen molar-refractivity contribution in [2.45, 2.75) is 51.5 Å². The number of hydrogen-bond acceptors (Lipinski definition) is 2. The van der Waals surface area contributed by atoms with Crippen LogP contribution >= 0.6 is 0 Å². The van der Waals surface area contributed by atoms with E-state index in [2.05, 4.69) is 12.2 Å². The third-order valence-corrected chi connectivity index (χ3v) is 4.19. The number of nitrogens with one attached hydrogen (secondary N) is 1. The van der Waals surface area contributed by atoms with E-state index in [1.807, 2.05) is 0 Å². The smallest absolute Gasteiger partial charge is 0.165 e. The lowest BCUT2D eigenvalue weighted by molar-refractivity contribution is 0.386. The zero-order valence-electron chi connectivity index (χ0n) is 11.9. The molecule has 1 aliphatic carbocycles. The lowest BCUT2D eigenvalue weighted by Gasteiger charge is -2.18. The second-order valence-electron chi connectivity index (χ2n) is 5.47. The van der Waals surface area contributed by atoms with Crippen molar-refractivity contribution in [2.75, 3.05) is 12.4 Å². The fourth-order valence-electron chi connectivity index (χ4n) is 2.92. The quantitative estimate of drug-likeness (QED) is 0.803. The zero-order chi connectivity index (χ0) is 13.7. The number of benzene rings is 1. The van der Waals surface area contributed by atoms with E-state index in [4.69, 9.17) is 4.74 Å². The van der Waals surface area contributed by atoms with Gasteiger partial charge in [0.25, 0.3) is 0 Å². The van der Waals surface area contributed by atoms with Crippen molar-refractivity contribution in [3.05, 3.63) is 24.0 Å². The van der Waals surface area contributed by atoms with Gasteiger partial charge in [-0.05, 0) is 37.3 Å². The van der Waals surface area contributed by atoms with Gasteiger partial charge in [0.15, 0.2) is 11.6 Å². The molecule has 2 nitrogen and oxygen atoms in total. The number of methoxy groups -OCH3 is 1. The van der Waals surface area contributed by atoms with Gasteiger partial charge in [-0.2, -0.15) is 0 Å². The molecule has 1 aromatic rings. The van der Waals surface area contributed by atoms with Crippen LogP contribution in [0.25, 0.3) is 0 Å². The average molecular weight is 265 g/mol. The molecule has 2 rings (SSSR count). The van der Waals surface area contributed by atoms with Gasteiger partial charge in [-0.25, -0.2) is 4.39 Å². The van der Waals surface area contributed by atoms with Crippen LogP contribution in [0.1, 0.15) is 45.4 Å². The summed E-state index contributed by atoms with van der Waals surface area (Å²) in [6.45, 7) is 2.28. The van der Waals surface area contributed by atoms with Crippen molar-refractivity contribution < 1.29 is 9.13 Å². The topological polar surface area (TPSA) is 21.3 Å². The van der Waals surface area contributed by atoms with Gasteiger partial charge >= 0.3 is 0 Å². The van der Waals surface area contributed by atoms with Gasteiger partial charge in [0.05, 0.1) is 7.11 Å². The van der Waals surface area contributed by atoms with Gasteiger partial charge in [0.2, 0.25) is 0 Å². The Morgan fingerprint density at radius 3 is 2.84 bits per heavy atom. The fraction of sp³-hybridized carbons (Fsp3) is 0.625. The standard InChI is InChI=1S/C16H24FNO/c1-3-12-5-4-6-13(8-7-12)18-14-9-10-15(17)16(11-14)19-2/h9-13,18H,3-8H2,1-2H3. The fourth-order valence-corrected chi connectivity index (χ4v) is 2.92. The predicted molar refractivity (Wildman–Crippen MR) is 77.2 cm³/mol. The first-order valence-corrected chi connectivity index (χ1v) is 7.33. The number of hydrogen-bond donors (Lipinski definition) is 1. The Morgan fingerprint density at radius 1 is 1.26 bits per heavy atom. The first-order chi connectivity index (χ1) is 9.22. The molecule has 2 unspecified atom stereocenters. The van der Waals surface area contributed by atoms with Crippen LogP contribution in [0, 0.1) is 11.7 Å². The molecule has 0 spiro atoms. The number of anilines is 1. The Balaban J connectivity index is 1.97. The van der Waals surface area contributed by atoms with Crippen molar-refractivity contribution in [3.63, 3.8) is 0 Å². The zero-order valence-corrected chi connectivity index (χ0v) is 11.9. The molecular weight excluding hydrogens is 241 g/mol. The van der Waals surface area contributed by atoms with Crippen molar-refractivity contribution >= 4 is 5.69 Å². The summed E-state index contributed by atoms with van der Waals surface area (Å²) >= 11 is 0. The number of halogens is 1. The summed E-state index contributed by atoms with van der Waals surface area (Å²) in [5, 5.41) is 3.52. The molecular formula is C16H24FNO. The second kappa shape index (κ2) is 6.78. The highest BCUT2D eigenvalue weighted by Gasteiger charge is 2.17. The molecule has 0 bridgehead atoms. The maximum atomic E-state index is 13.4. The molecule has 1 aliphatic rings. The summed E-state index contributed by atoms with van der Waals surface area (Å²) in [5.74, 6) is 0.888. The number of rotatable bonds is 4. The Kier molecular flexibility index (Phi) is 5.06. The largest absolute Gasteiger partial charge is 0.494 e. The SMILES string of the molecule is CCC1CCCC(Nc2ccc(F)c(OC)c2)CC1. The maximum Gasteiger partial charge on any atom is 0.165 e. The number of ether oxygens (including phenoxy) is 1. The van der Waals surface area contributed by atoms with Crippen LogP contribution in [0.2, 0.25) is 0 Å². The van der Waals surface area contributed by atoms with E-state index in [0.29, 0.717) is 11.8 Å². The van der Waals surface area contributed by atoms with Crippen molar-refractivity contribution in [1.29, 1.82) is 0 Å². The van der Waals surface area contributed by atoms with Crippen LogP contribution in [0.5, 0.6) is 5.75 Å². The Morgan fingerprint density at radius 2 is 2.11 bits per heavy atom. The van der Waals surface area contributed by atoms with E-state index in [-0.39, 0.29) is 5.82 Å². The molecule has 106 valence electrons. The average Bonchev–Trinajstić information content (AvgIpc) is 2.66. The van der Waals surface area contributed by atoms with E-state index in [1.165, 1.54) is 51.7 Å². The molecule has 1 fully saturated rings. The van der Waals surface area contributed by atoms with Crippen LogP contribution in [-0.2, 0) is 0 Å². The van der Waals surface area contributed by atoms with E-state index < -0.39 is 0 Å². The lowest BCUT2D eigenvalue weighted by Crippen LogP contribution is -2.18. The van der Waals surface area contributed by atoms with Gasteiger partial charge in [-0.3, -0.25) is 0 Å². The Hall–Kier alpha value is -1.25. The van der Waals surface area contributed by atoms with Crippen molar-refractivity contribution in [2.24, 2.45) is 5.92 Å². The maximum absolute atomic E-state index is 13.4. The van der Waals surface area contributed by atoms with Crippen LogP contribution in [-0.4, -0.2) is 13.2 Å². The molecule has 1 N–H and O–H groups in total. The molecule has 0 radical (unpaired) electrons. The van der Waals surface area contributed by atoms with E-state index in [9.17, 15) is 4.39 Å². The van der Waals surface area contributed by atoms with E-state index in [0.717, 1.165) is 11.6 Å². The molecule has 2 atom stereocenters. The molecule has 1 saturated carbocycles. The van der Waals surface area contributed by atoms with Crippen LogP contribution in [0.4, 0.5) is 10.1 Å². The minimum absolute atomic E-state index is 0.306. The highest BCUT2D eigenvalue weighted by molar-refractivity contribution is 5.49. The van der Waals surface area contributed by atoms with Gasteiger partial charge in [0.1, 0.15) is 0 Å². The van der Waals surface area contributed by atoms with Gasteiger partial charge in [0, 0.05) is 17.8 Å². The Bertz CT molecular complexity index is 408.